The third-order valence-electron chi connectivity index (χ3n) is 6.60. The third-order valence-corrected chi connectivity index (χ3v) is 7.28. The SMILES string of the molecule is CN(C)C12CCNC(C(c3ccccc3Cl)C1)C(c1ccccc1Cl)C2. The summed E-state index contributed by atoms with van der Waals surface area (Å²) >= 11 is 13.3. The molecule has 2 unspecified atom stereocenters. The van der Waals surface area contributed by atoms with E-state index in [0.717, 1.165) is 35.9 Å². The maximum atomic E-state index is 6.63. The lowest BCUT2D eigenvalue weighted by Crippen LogP contribution is -2.52. The van der Waals surface area contributed by atoms with Crippen LogP contribution in [0.2, 0.25) is 10.0 Å². The second-order valence-electron chi connectivity index (χ2n) is 8.01. The summed E-state index contributed by atoms with van der Waals surface area (Å²) in [5.74, 6) is 0.757. The monoisotopic (exact) mass is 388 g/mol. The van der Waals surface area contributed by atoms with Gasteiger partial charge >= 0.3 is 0 Å². The van der Waals surface area contributed by atoms with E-state index in [9.17, 15) is 0 Å². The molecule has 2 aromatic rings. The Morgan fingerprint density at radius 2 is 1.38 bits per heavy atom. The Balaban J connectivity index is 1.84. The minimum Gasteiger partial charge on any atom is -0.313 e. The molecule has 1 saturated carbocycles. The Labute approximate surface area is 166 Å². The number of benzene rings is 2. The molecule has 3 fully saturated rings. The predicted molar refractivity (Wildman–Crippen MR) is 110 cm³/mol. The average molecular weight is 389 g/mol. The number of nitrogens with one attached hydrogen (secondary N) is 1. The topological polar surface area (TPSA) is 15.3 Å². The summed E-state index contributed by atoms with van der Waals surface area (Å²) in [4.78, 5) is 2.43. The molecule has 4 heteroatoms. The van der Waals surface area contributed by atoms with Crippen LogP contribution in [0.15, 0.2) is 48.5 Å². The molecule has 1 aliphatic carbocycles. The lowest BCUT2D eigenvalue weighted by molar-refractivity contribution is 0.0791. The van der Waals surface area contributed by atoms with Crippen molar-refractivity contribution in [2.45, 2.75) is 42.7 Å². The second kappa shape index (κ2) is 7.16. The molecule has 2 nitrogen and oxygen atoms in total. The first-order chi connectivity index (χ1) is 12.5. The molecular formula is C22H26Cl2N2. The second-order valence-corrected chi connectivity index (χ2v) is 8.83. The number of hydrogen-bond donors (Lipinski definition) is 1. The number of hydrogen-bond acceptors (Lipinski definition) is 2. The predicted octanol–water partition coefficient (Wildman–Crippen LogP) is 5.32. The molecule has 0 amide bonds. The molecule has 2 aromatic carbocycles. The van der Waals surface area contributed by atoms with Crippen LogP contribution in [-0.4, -0.2) is 37.1 Å². The zero-order valence-corrected chi connectivity index (χ0v) is 16.9. The Hall–Kier alpha value is -1.06. The zero-order chi connectivity index (χ0) is 18.3. The highest BCUT2D eigenvalue weighted by Gasteiger charge is 2.50. The molecule has 2 aliphatic heterocycles. The molecule has 26 heavy (non-hydrogen) atoms. The maximum Gasteiger partial charge on any atom is 0.0441 e. The molecule has 2 atom stereocenters. The van der Waals surface area contributed by atoms with Crippen molar-refractivity contribution in [3.63, 3.8) is 0 Å². The first-order valence-corrected chi connectivity index (χ1v) is 10.2. The van der Waals surface area contributed by atoms with Gasteiger partial charge in [0, 0.05) is 33.5 Å². The van der Waals surface area contributed by atoms with Crippen LogP contribution in [0.1, 0.15) is 42.2 Å². The molecule has 5 rings (SSSR count). The smallest absolute Gasteiger partial charge is 0.0441 e. The lowest BCUT2D eigenvalue weighted by Gasteiger charge is -2.50. The van der Waals surface area contributed by atoms with E-state index in [4.69, 9.17) is 23.2 Å². The molecule has 0 radical (unpaired) electrons. The van der Waals surface area contributed by atoms with Gasteiger partial charge in [0.15, 0.2) is 0 Å². The van der Waals surface area contributed by atoms with Gasteiger partial charge in [-0.3, -0.25) is 0 Å². The molecule has 2 bridgehead atoms. The van der Waals surface area contributed by atoms with Crippen LogP contribution in [0.3, 0.4) is 0 Å². The van der Waals surface area contributed by atoms with Crippen LogP contribution >= 0.6 is 23.2 Å². The summed E-state index contributed by atoms with van der Waals surface area (Å²) in [6, 6.07) is 17.0. The molecule has 3 aliphatic rings. The van der Waals surface area contributed by atoms with E-state index < -0.39 is 0 Å². The highest BCUT2D eigenvalue weighted by atomic mass is 35.5. The van der Waals surface area contributed by atoms with E-state index in [1.54, 1.807) is 0 Å². The number of halogens is 2. The van der Waals surface area contributed by atoms with E-state index in [-0.39, 0.29) is 5.54 Å². The molecular weight excluding hydrogens is 363 g/mol. The van der Waals surface area contributed by atoms with Crippen molar-refractivity contribution in [2.75, 3.05) is 20.6 Å². The Morgan fingerprint density at radius 3 is 1.85 bits per heavy atom. The summed E-state index contributed by atoms with van der Waals surface area (Å²) in [6.07, 6.45) is 3.41. The van der Waals surface area contributed by atoms with Crippen molar-refractivity contribution in [3.8, 4) is 0 Å². The fourth-order valence-corrected chi connectivity index (χ4v) is 5.70. The molecule has 138 valence electrons. The number of rotatable bonds is 3. The van der Waals surface area contributed by atoms with E-state index in [1.165, 1.54) is 11.1 Å². The molecule has 1 N–H and O–H groups in total. The van der Waals surface area contributed by atoms with Crippen LogP contribution in [0.5, 0.6) is 0 Å². The summed E-state index contributed by atoms with van der Waals surface area (Å²) in [5.41, 5.74) is 2.68. The standard InChI is InChI=1S/C22H26Cl2N2/c1-26(2)22-11-12-25-21(17(13-22)15-7-3-5-9-19(15)23)18(14-22)16-8-4-6-10-20(16)24/h3-10,17-18,21,25H,11-14H2,1-2H3. The molecule has 0 spiro atoms. The van der Waals surface area contributed by atoms with E-state index in [1.807, 2.05) is 24.3 Å². The van der Waals surface area contributed by atoms with Gasteiger partial charge in [-0.25, -0.2) is 0 Å². The summed E-state index contributed by atoms with van der Waals surface area (Å²) < 4.78 is 0. The average Bonchev–Trinajstić information content (AvgIpc) is 2.94. The summed E-state index contributed by atoms with van der Waals surface area (Å²) in [7, 11) is 4.44. The van der Waals surface area contributed by atoms with Gasteiger partial charge < -0.3 is 10.2 Å². The minimum atomic E-state index is 0.160. The highest BCUT2D eigenvalue weighted by Crippen LogP contribution is 2.52. The third kappa shape index (κ3) is 3.07. The van der Waals surface area contributed by atoms with Gasteiger partial charge in [-0.05, 0) is 63.2 Å². The number of fused-ring (bicyclic) bond motifs is 4. The van der Waals surface area contributed by atoms with Crippen LogP contribution < -0.4 is 5.32 Å². The highest BCUT2D eigenvalue weighted by molar-refractivity contribution is 6.31. The Kier molecular flexibility index (Phi) is 5.04. The van der Waals surface area contributed by atoms with Crippen molar-refractivity contribution in [3.05, 3.63) is 69.7 Å². The van der Waals surface area contributed by atoms with Crippen LogP contribution in [0, 0.1) is 0 Å². The van der Waals surface area contributed by atoms with Gasteiger partial charge in [-0.2, -0.15) is 0 Å². The largest absolute Gasteiger partial charge is 0.313 e. The summed E-state index contributed by atoms with van der Waals surface area (Å²) in [5, 5.41) is 5.61. The van der Waals surface area contributed by atoms with Gasteiger partial charge in [0.05, 0.1) is 0 Å². The minimum absolute atomic E-state index is 0.160. The fraction of sp³-hybridized carbons (Fsp3) is 0.455. The molecule has 2 heterocycles. The lowest BCUT2D eigenvalue weighted by atomic mass is 9.64. The van der Waals surface area contributed by atoms with Crippen LogP contribution in [-0.2, 0) is 0 Å². The Bertz CT molecular complexity index is 734. The van der Waals surface area contributed by atoms with Gasteiger partial charge in [0.2, 0.25) is 0 Å². The van der Waals surface area contributed by atoms with Crippen molar-refractivity contribution in [1.29, 1.82) is 0 Å². The van der Waals surface area contributed by atoms with E-state index in [0.29, 0.717) is 17.9 Å². The van der Waals surface area contributed by atoms with Gasteiger partial charge in [0.1, 0.15) is 0 Å². The quantitative estimate of drug-likeness (QED) is 0.765. The molecule has 2 saturated heterocycles. The van der Waals surface area contributed by atoms with Crippen molar-refractivity contribution in [2.24, 2.45) is 0 Å². The van der Waals surface area contributed by atoms with Crippen LogP contribution in [0.25, 0.3) is 0 Å². The van der Waals surface area contributed by atoms with Gasteiger partial charge in [-0.15, -0.1) is 0 Å². The zero-order valence-electron chi connectivity index (χ0n) is 15.4. The van der Waals surface area contributed by atoms with Crippen molar-refractivity contribution in [1.82, 2.24) is 10.2 Å². The first kappa shape index (κ1) is 18.3. The number of nitrogens with zero attached hydrogens (tertiary/aromatic N) is 1. The normalized spacial score (nSPS) is 31.2. The van der Waals surface area contributed by atoms with E-state index >= 15 is 0 Å². The maximum absolute atomic E-state index is 6.63. The van der Waals surface area contributed by atoms with E-state index in [2.05, 4.69) is 48.6 Å². The van der Waals surface area contributed by atoms with Gasteiger partial charge in [0.25, 0.3) is 0 Å². The first-order valence-electron chi connectivity index (χ1n) is 9.41. The van der Waals surface area contributed by atoms with Gasteiger partial charge in [-0.1, -0.05) is 59.6 Å². The molecule has 0 aromatic heterocycles. The van der Waals surface area contributed by atoms with Crippen LogP contribution in [0.4, 0.5) is 0 Å². The van der Waals surface area contributed by atoms with Crippen molar-refractivity contribution >= 4 is 23.2 Å². The van der Waals surface area contributed by atoms with Crippen molar-refractivity contribution < 1.29 is 0 Å². The fourth-order valence-electron chi connectivity index (χ4n) is 5.14. The Morgan fingerprint density at radius 1 is 0.885 bits per heavy atom. The summed E-state index contributed by atoms with van der Waals surface area (Å²) in [6.45, 7) is 1.03.